The lowest BCUT2D eigenvalue weighted by atomic mass is 9.75. The quantitative estimate of drug-likeness (QED) is 0.148. The van der Waals surface area contributed by atoms with E-state index in [1.807, 2.05) is 0 Å². The number of ether oxygens (including phenoxy) is 4. The lowest BCUT2D eigenvalue weighted by molar-refractivity contribution is -0.140. The second kappa shape index (κ2) is 11.9. The average Bonchev–Trinajstić information content (AvgIpc) is 2.81. The highest BCUT2D eigenvalue weighted by atomic mass is 16.7. The number of carbonyl (C=O) groups is 3. The second-order valence-electron chi connectivity index (χ2n) is 9.61. The molecule has 2 aromatic carbocycles. The second-order valence-corrected chi connectivity index (χ2v) is 9.61. The van der Waals surface area contributed by atoms with E-state index in [0.29, 0.717) is 29.1 Å². The number of rotatable bonds is 8. The predicted octanol–water partition coefficient (Wildman–Crippen LogP) is 6.09. The van der Waals surface area contributed by atoms with Crippen LogP contribution in [0.25, 0.3) is 10.8 Å². The maximum Gasteiger partial charge on any atom is 0.513 e. The van der Waals surface area contributed by atoms with Crippen molar-refractivity contribution in [3.8, 4) is 5.75 Å². The van der Waals surface area contributed by atoms with Crippen molar-refractivity contribution in [1.82, 2.24) is 0 Å². The smallest absolute Gasteiger partial charge is 0.459 e. The summed E-state index contributed by atoms with van der Waals surface area (Å²) in [6.45, 7) is 11.4. The highest BCUT2D eigenvalue weighted by molar-refractivity contribution is 5.96. The van der Waals surface area contributed by atoms with E-state index in [-0.39, 0.29) is 30.9 Å². The standard InChI is InChI=1S/C28H34O7/c1-17(2)24-11-6-19(5)14-25(24)35-27(30)22-8-7-21-16-23(10-9-20(21)15-22)34-28(31)33-13-12-32-26(29)18(3)4/h7-10,15-17,19,24-25H,3,6,11-14H2,1-2,4-5H3. The molecule has 1 fully saturated rings. The molecule has 0 N–H and O–H groups in total. The number of fused-ring (bicyclic) bond motifs is 1. The third kappa shape index (κ3) is 7.31. The fraction of sp³-hybridized carbons (Fsp3) is 0.464. The molecule has 0 amide bonds. The Hall–Kier alpha value is -3.35. The van der Waals surface area contributed by atoms with Gasteiger partial charge in [0.05, 0.1) is 5.56 Å². The Bertz CT molecular complexity index is 1090. The molecule has 0 aliphatic heterocycles. The molecule has 3 atom stereocenters. The van der Waals surface area contributed by atoms with Gasteiger partial charge in [-0.2, -0.15) is 0 Å². The van der Waals surface area contributed by atoms with Gasteiger partial charge in [-0.05, 0) is 72.6 Å². The number of hydrogen-bond donors (Lipinski definition) is 0. The SMILES string of the molecule is C=C(C)C(=O)OCCOC(=O)Oc1ccc2cc(C(=O)OC3CC(C)CCC3C(C)C)ccc2c1. The van der Waals surface area contributed by atoms with Crippen molar-refractivity contribution in [1.29, 1.82) is 0 Å². The highest BCUT2D eigenvalue weighted by Crippen LogP contribution is 2.36. The van der Waals surface area contributed by atoms with Crippen LogP contribution in [0.1, 0.15) is 57.3 Å². The Morgan fingerprint density at radius 2 is 1.69 bits per heavy atom. The molecule has 2 aromatic rings. The van der Waals surface area contributed by atoms with Gasteiger partial charge in [0.1, 0.15) is 25.1 Å². The molecule has 3 rings (SSSR count). The Labute approximate surface area is 206 Å². The van der Waals surface area contributed by atoms with Crippen LogP contribution in [0.3, 0.4) is 0 Å². The van der Waals surface area contributed by atoms with Crippen molar-refractivity contribution in [3.63, 3.8) is 0 Å². The number of carbonyl (C=O) groups excluding carboxylic acids is 3. The zero-order chi connectivity index (χ0) is 25.5. The van der Waals surface area contributed by atoms with E-state index >= 15 is 0 Å². The van der Waals surface area contributed by atoms with E-state index in [2.05, 4.69) is 27.4 Å². The molecule has 0 bridgehead atoms. The lowest BCUT2D eigenvalue weighted by Crippen LogP contribution is -2.35. The molecular weight excluding hydrogens is 448 g/mol. The van der Waals surface area contributed by atoms with Crippen molar-refractivity contribution >= 4 is 28.9 Å². The van der Waals surface area contributed by atoms with Crippen LogP contribution in [0.2, 0.25) is 0 Å². The summed E-state index contributed by atoms with van der Waals surface area (Å²) >= 11 is 0. The Morgan fingerprint density at radius 1 is 1.00 bits per heavy atom. The molecule has 1 aliphatic rings. The van der Waals surface area contributed by atoms with E-state index in [9.17, 15) is 14.4 Å². The van der Waals surface area contributed by atoms with Crippen LogP contribution in [-0.2, 0) is 19.0 Å². The molecule has 7 nitrogen and oxygen atoms in total. The van der Waals surface area contributed by atoms with E-state index in [1.165, 1.54) is 13.3 Å². The van der Waals surface area contributed by atoms with Gasteiger partial charge >= 0.3 is 18.1 Å². The van der Waals surface area contributed by atoms with Crippen LogP contribution in [0.5, 0.6) is 5.75 Å². The minimum Gasteiger partial charge on any atom is -0.459 e. The van der Waals surface area contributed by atoms with Crippen molar-refractivity contribution < 1.29 is 33.3 Å². The molecule has 7 heteroatoms. The van der Waals surface area contributed by atoms with Crippen molar-refractivity contribution in [2.75, 3.05) is 13.2 Å². The first kappa shape index (κ1) is 26.3. The van der Waals surface area contributed by atoms with Gasteiger partial charge in [0, 0.05) is 5.57 Å². The largest absolute Gasteiger partial charge is 0.513 e. The number of esters is 2. The molecule has 0 saturated heterocycles. The van der Waals surface area contributed by atoms with Crippen LogP contribution in [-0.4, -0.2) is 37.4 Å². The summed E-state index contributed by atoms with van der Waals surface area (Å²) in [6, 6.07) is 10.4. The van der Waals surface area contributed by atoms with E-state index in [0.717, 1.165) is 23.6 Å². The summed E-state index contributed by atoms with van der Waals surface area (Å²) in [4.78, 5) is 36.1. The fourth-order valence-electron chi connectivity index (χ4n) is 4.38. The maximum atomic E-state index is 12.9. The molecule has 1 aliphatic carbocycles. The molecule has 1 saturated carbocycles. The first-order valence-corrected chi connectivity index (χ1v) is 12.1. The molecular formula is C28H34O7. The summed E-state index contributed by atoms with van der Waals surface area (Å²) < 4.78 is 20.9. The molecule has 188 valence electrons. The Morgan fingerprint density at radius 3 is 2.40 bits per heavy atom. The minimum absolute atomic E-state index is 0.0620. The zero-order valence-corrected chi connectivity index (χ0v) is 20.9. The fourth-order valence-corrected chi connectivity index (χ4v) is 4.38. The lowest BCUT2D eigenvalue weighted by Gasteiger charge is -2.36. The van der Waals surface area contributed by atoms with Gasteiger partial charge in [0.15, 0.2) is 0 Å². The molecule has 3 unspecified atom stereocenters. The summed E-state index contributed by atoms with van der Waals surface area (Å²) in [6.07, 6.45) is 2.19. The molecule has 0 aromatic heterocycles. The molecule has 0 heterocycles. The molecule has 0 radical (unpaired) electrons. The summed E-state index contributed by atoms with van der Waals surface area (Å²) in [5, 5.41) is 1.62. The highest BCUT2D eigenvalue weighted by Gasteiger charge is 2.33. The minimum atomic E-state index is -0.905. The van der Waals surface area contributed by atoms with Gasteiger partial charge in [-0.3, -0.25) is 0 Å². The van der Waals surface area contributed by atoms with Crippen LogP contribution in [0.4, 0.5) is 4.79 Å². The number of hydrogen-bond acceptors (Lipinski definition) is 7. The third-order valence-corrected chi connectivity index (χ3v) is 6.35. The van der Waals surface area contributed by atoms with Crippen LogP contribution >= 0.6 is 0 Å². The van der Waals surface area contributed by atoms with Gasteiger partial charge in [-0.25, -0.2) is 14.4 Å². The summed E-state index contributed by atoms with van der Waals surface area (Å²) in [7, 11) is 0. The molecule has 35 heavy (non-hydrogen) atoms. The maximum absolute atomic E-state index is 12.9. The van der Waals surface area contributed by atoms with Gasteiger partial charge in [0.25, 0.3) is 0 Å². The van der Waals surface area contributed by atoms with Crippen molar-refractivity contribution in [2.24, 2.45) is 17.8 Å². The van der Waals surface area contributed by atoms with Crippen molar-refractivity contribution in [3.05, 3.63) is 54.1 Å². The zero-order valence-electron chi connectivity index (χ0n) is 20.9. The van der Waals surface area contributed by atoms with Gasteiger partial charge < -0.3 is 18.9 Å². The summed E-state index contributed by atoms with van der Waals surface area (Å²) in [5.41, 5.74) is 0.763. The molecule has 0 spiro atoms. The number of benzene rings is 2. The predicted molar refractivity (Wildman–Crippen MR) is 132 cm³/mol. The average molecular weight is 483 g/mol. The normalized spacial score (nSPS) is 19.7. The van der Waals surface area contributed by atoms with Gasteiger partial charge in [-0.15, -0.1) is 0 Å². The Kier molecular flexibility index (Phi) is 8.90. The first-order chi connectivity index (χ1) is 16.6. The van der Waals surface area contributed by atoms with Gasteiger partial charge in [-0.1, -0.05) is 45.9 Å². The third-order valence-electron chi connectivity index (χ3n) is 6.35. The first-order valence-electron chi connectivity index (χ1n) is 12.1. The summed E-state index contributed by atoms with van der Waals surface area (Å²) in [5.74, 6) is 0.839. The Balaban J connectivity index is 1.58. The van der Waals surface area contributed by atoms with E-state index < -0.39 is 12.1 Å². The van der Waals surface area contributed by atoms with Gasteiger partial charge in [0.2, 0.25) is 0 Å². The van der Waals surface area contributed by atoms with E-state index in [4.69, 9.17) is 18.9 Å². The van der Waals surface area contributed by atoms with Crippen molar-refractivity contribution in [2.45, 2.75) is 53.1 Å². The monoisotopic (exact) mass is 482 g/mol. The van der Waals surface area contributed by atoms with E-state index in [1.54, 1.807) is 36.4 Å². The topological polar surface area (TPSA) is 88.1 Å². The van der Waals surface area contributed by atoms with Crippen LogP contribution in [0, 0.1) is 17.8 Å². The van der Waals surface area contributed by atoms with Crippen LogP contribution < -0.4 is 4.74 Å². The van der Waals surface area contributed by atoms with Crippen LogP contribution in [0.15, 0.2) is 48.6 Å².